The number of benzene rings is 2. The largest absolute Gasteiger partial charge is 0.397 e. The zero-order valence-corrected chi connectivity index (χ0v) is 15.0. The molecule has 0 spiro atoms. The lowest BCUT2D eigenvalue weighted by molar-refractivity contribution is 0.0268. The number of hydrogen-bond donors (Lipinski definition) is 3. The molecule has 0 aliphatic heterocycles. The normalized spacial score (nSPS) is 14.1. The van der Waals surface area contributed by atoms with E-state index in [1.807, 2.05) is 30.3 Å². The van der Waals surface area contributed by atoms with Gasteiger partial charge in [-0.2, -0.15) is 0 Å². The van der Waals surface area contributed by atoms with Gasteiger partial charge in [-0.1, -0.05) is 30.0 Å². The molecule has 0 saturated heterocycles. The van der Waals surface area contributed by atoms with Crippen LogP contribution in [0.15, 0.2) is 59.6 Å². The Balaban J connectivity index is 1.99. The Kier molecular flexibility index (Phi) is 7.40. The van der Waals surface area contributed by atoms with Crippen molar-refractivity contribution < 1.29 is 18.6 Å². The first-order chi connectivity index (χ1) is 12.4. The van der Waals surface area contributed by atoms with Crippen molar-refractivity contribution in [2.24, 2.45) is 11.6 Å². The number of rotatable bonds is 8. The summed E-state index contributed by atoms with van der Waals surface area (Å²) in [6.45, 7) is 0.0305. The van der Waals surface area contributed by atoms with E-state index in [2.05, 4.69) is 0 Å². The van der Waals surface area contributed by atoms with E-state index >= 15 is 0 Å². The fraction of sp³-hybridized carbons (Fsp3) is 0.222. The first-order valence-corrected chi connectivity index (χ1v) is 8.65. The van der Waals surface area contributed by atoms with Gasteiger partial charge in [0.05, 0.1) is 12.2 Å². The highest BCUT2D eigenvalue weighted by Gasteiger charge is 2.21. The Morgan fingerprint density at radius 3 is 2.54 bits per heavy atom. The number of hydrazine groups is 1. The quantitative estimate of drug-likeness (QED) is 0.282. The van der Waals surface area contributed by atoms with Gasteiger partial charge in [-0.3, -0.25) is 0 Å². The van der Waals surface area contributed by atoms with E-state index in [-0.39, 0.29) is 17.8 Å². The first-order valence-electron chi connectivity index (χ1n) is 7.77. The van der Waals surface area contributed by atoms with Gasteiger partial charge in [-0.15, -0.1) is 0 Å². The summed E-state index contributed by atoms with van der Waals surface area (Å²) in [6, 6.07) is 12.8. The van der Waals surface area contributed by atoms with Crippen LogP contribution >= 0.6 is 11.8 Å². The lowest BCUT2D eigenvalue weighted by Crippen LogP contribution is -2.40. The van der Waals surface area contributed by atoms with Gasteiger partial charge in [0.25, 0.3) is 0 Å². The third-order valence-electron chi connectivity index (χ3n) is 3.50. The summed E-state index contributed by atoms with van der Waals surface area (Å²) < 4.78 is 31.6. The molecule has 5 N–H and O–H groups in total. The lowest BCUT2D eigenvalue weighted by Gasteiger charge is -2.25. The van der Waals surface area contributed by atoms with Crippen LogP contribution in [-0.2, 0) is 4.74 Å². The number of ether oxygens (including phenoxy) is 1. The minimum absolute atomic E-state index is 0.0305. The summed E-state index contributed by atoms with van der Waals surface area (Å²) in [7, 11) is 1.50. The molecule has 0 aromatic heterocycles. The fourth-order valence-electron chi connectivity index (χ4n) is 2.20. The van der Waals surface area contributed by atoms with E-state index in [1.165, 1.54) is 36.1 Å². The van der Waals surface area contributed by atoms with Crippen LogP contribution in [0.5, 0.6) is 0 Å². The maximum atomic E-state index is 13.3. The highest BCUT2D eigenvalue weighted by Crippen LogP contribution is 2.26. The molecule has 2 unspecified atom stereocenters. The van der Waals surface area contributed by atoms with Crippen LogP contribution < -0.4 is 11.6 Å². The molecule has 0 aliphatic carbocycles. The van der Waals surface area contributed by atoms with Crippen LogP contribution in [0.4, 0.5) is 8.78 Å². The van der Waals surface area contributed by atoms with Gasteiger partial charge in [0.15, 0.2) is 11.6 Å². The van der Waals surface area contributed by atoms with Crippen LogP contribution in [0.3, 0.4) is 0 Å². The molecule has 0 aliphatic rings. The van der Waals surface area contributed by atoms with Crippen molar-refractivity contribution in [3.8, 4) is 0 Å². The van der Waals surface area contributed by atoms with Crippen molar-refractivity contribution in [1.29, 1.82) is 0 Å². The molecule has 0 fully saturated rings. The molecule has 0 bridgehead atoms. The minimum atomic E-state index is -0.999. The SMILES string of the molecule is COC(Sc1ccccc1)C(O)CN(N)/C=C(\N)c1ccc(F)c(F)c1. The van der Waals surface area contributed by atoms with E-state index in [4.69, 9.17) is 16.3 Å². The molecule has 2 atom stereocenters. The van der Waals surface area contributed by atoms with Gasteiger partial charge >= 0.3 is 0 Å². The van der Waals surface area contributed by atoms with Gasteiger partial charge in [0, 0.05) is 23.8 Å². The molecule has 0 amide bonds. The Labute approximate surface area is 155 Å². The van der Waals surface area contributed by atoms with Crippen LogP contribution in [0, 0.1) is 11.6 Å². The number of hydrogen-bond acceptors (Lipinski definition) is 6. The second-order valence-electron chi connectivity index (χ2n) is 5.51. The summed E-state index contributed by atoms with van der Waals surface area (Å²) >= 11 is 1.36. The average Bonchev–Trinajstić information content (AvgIpc) is 2.62. The topological polar surface area (TPSA) is 84.7 Å². The molecule has 5 nitrogen and oxygen atoms in total. The number of nitrogens with two attached hydrogens (primary N) is 2. The second kappa shape index (κ2) is 9.54. The average molecular weight is 381 g/mol. The molecule has 2 aromatic carbocycles. The van der Waals surface area contributed by atoms with Crippen molar-refractivity contribution in [3.05, 3.63) is 71.9 Å². The maximum Gasteiger partial charge on any atom is 0.159 e. The maximum absolute atomic E-state index is 13.3. The molecule has 0 radical (unpaired) electrons. The van der Waals surface area contributed by atoms with E-state index < -0.39 is 23.2 Å². The third kappa shape index (κ3) is 5.70. The Morgan fingerprint density at radius 2 is 1.92 bits per heavy atom. The highest BCUT2D eigenvalue weighted by atomic mass is 32.2. The van der Waals surface area contributed by atoms with E-state index in [1.54, 1.807) is 0 Å². The van der Waals surface area contributed by atoms with Gasteiger partial charge in [-0.05, 0) is 30.3 Å². The number of halogens is 2. The number of thioether (sulfide) groups is 1. The molecule has 0 heterocycles. The predicted octanol–water partition coefficient (Wildman–Crippen LogP) is 2.52. The molecule has 2 aromatic rings. The molecule has 8 heteroatoms. The summed E-state index contributed by atoms with van der Waals surface area (Å²) in [5.74, 6) is 3.90. The number of aliphatic hydroxyl groups is 1. The smallest absolute Gasteiger partial charge is 0.159 e. The number of nitrogens with zero attached hydrogens (tertiary/aromatic N) is 1. The molecular weight excluding hydrogens is 360 g/mol. The van der Waals surface area contributed by atoms with E-state index in [0.717, 1.165) is 17.0 Å². The molecule has 2 rings (SSSR count). The molecule has 140 valence electrons. The third-order valence-corrected chi connectivity index (χ3v) is 4.78. The molecular formula is C18H21F2N3O2S. The zero-order chi connectivity index (χ0) is 19.1. The van der Waals surface area contributed by atoms with Crippen molar-refractivity contribution in [2.75, 3.05) is 13.7 Å². The second-order valence-corrected chi connectivity index (χ2v) is 6.68. The lowest BCUT2D eigenvalue weighted by atomic mass is 10.1. The van der Waals surface area contributed by atoms with Gasteiger partial charge < -0.3 is 20.6 Å². The monoisotopic (exact) mass is 381 g/mol. The van der Waals surface area contributed by atoms with Crippen molar-refractivity contribution in [1.82, 2.24) is 5.01 Å². The molecule has 0 saturated carbocycles. The van der Waals surface area contributed by atoms with Gasteiger partial charge in [0.2, 0.25) is 0 Å². The summed E-state index contributed by atoms with van der Waals surface area (Å²) in [6.07, 6.45) is 0.430. The van der Waals surface area contributed by atoms with Gasteiger partial charge in [-0.25, -0.2) is 14.6 Å². The standard InChI is InChI=1S/C18H21F2N3O2S/c1-25-18(26-13-5-3-2-4-6-13)17(24)11-23(22)10-16(21)12-7-8-14(19)15(20)9-12/h2-10,17-18,24H,11,21-22H2,1H3/b16-10-. The Bertz CT molecular complexity index is 746. The van der Waals surface area contributed by atoms with Crippen LogP contribution in [0.1, 0.15) is 5.56 Å². The molecule has 26 heavy (non-hydrogen) atoms. The zero-order valence-electron chi connectivity index (χ0n) is 14.2. The van der Waals surface area contributed by atoms with Crippen LogP contribution in [0.25, 0.3) is 5.70 Å². The predicted molar refractivity (Wildman–Crippen MR) is 98.5 cm³/mol. The summed E-state index contributed by atoms with van der Waals surface area (Å²) in [4.78, 5) is 0.943. The van der Waals surface area contributed by atoms with Crippen LogP contribution in [0.2, 0.25) is 0 Å². The Hall–Kier alpha value is -2.13. The van der Waals surface area contributed by atoms with E-state index in [9.17, 15) is 13.9 Å². The van der Waals surface area contributed by atoms with E-state index in [0.29, 0.717) is 0 Å². The first kappa shape index (κ1) is 20.2. The summed E-state index contributed by atoms with van der Waals surface area (Å²) in [5.41, 5.74) is 5.74. The van der Waals surface area contributed by atoms with Crippen molar-refractivity contribution in [3.63, 3.8) is 0 Å². The van der Waals surface area contributed by atoms with Crippen LogP contribution in [-0.4, -0.2) is 35.3 Å². The minimum Gasteiger partial charge on any atom is -0.397 e. The summed E-state index contributed by atoms with van der Waals surface area (Å²) in [5, 5.41) is 11.5. The van der Waals surface area contributed by atoms with Crippen molar-refractivity contribution in [2.45, 2.75) is 16.4 Å². The number of methoxy groups -OCH3 is 1. The Morgan fingerprint density at radius 1 is 1.23 bits per heavy atom. The highest BCUT2D eigenvalue weighted by molar-refractivity contribution is 7.99. The van der Waals surface area contributed by atoms with Crippen molar-refractivity contribution >= 4 is 17.5 Å². The number of aliphatic hydroxyl groups excluding tert-OH is 1. The van der Waals surface area contributed by atoms with Gasteiger partial charge in [0.1, 0.15) is 11.5 Å². The fourth-order valence-corrected chi connectivity index (χ4v) is 3.12.